The van der Waals surface area contributed by atoms with Crippen LogP contribution in [0.5, 0.6) is 0 Å². The third-order valence-corrected chi connectivity index (χ3v) is 3.17. The average Bonchev–Trinajstić information content (AvgIpc) is 2.47. The number of carboxylic acid groups (broad SMARTS) is 1. The van der Waals surface area contributed by atoms with Gasteiger partial charge in [-0.1, -0.05) is 6.07 Å². The van der Waals surface area contributed by atoms with Crippen LogP contribution in [0.25, 0.3) is 10.9 Å². The number of fused-ring (bicyclic) bond motifs is 1. The van der Waals surface area contributed by atoms with Crippen molar-refractivity contribution in [3.63, 3.8) is 0 Å². The van der Waals surface area contributed by atoms with Crippen molar-refractivity contribution in [2.24, 2.45) is 0 Å². The molecule has 0 aliphatic rings. The second kappa shape index (κ2) is 7.01. The lowest BCUT2D eigenvalue weighted by atomic mass is 10.1. The van der Waals surface area contributed by atoms with Crippen LogP contribution in [0.1, 0.15) is 22.3 Å². The summed E-state index contributed by atoms with van der Waals surface area (Å²) in [6.07, 6.45) is 2.70. The number of aromatic carboxylic acids is 1. The molecule has 0 radical (unpaired) electrons. The van der Waals surface area contributed by atoms with Crippen LogP contribution in [0.15, 0.2) is 29.2 Å². The van der Waals surface area contributed by atoms with Crippen molar-refractivity contribution in [1.29, 1.82) is 0 Å². The smallest absolute Gasteiger partial charge is 0.341 e. The van der Waals surface area contributed by atoms with E-state index in [9.17, 15) is 9.59 Å². The standard InChI is InChI=1S/C15H17NO5/c17-5-7-21-6-1-2-10-3-4-13-11(8-10)14(18)12(9-16-13)15(19)20/h3-4,8-9,17H,1-2,5-7H2,(H,16,18)(H,19,20). The summed E-state index contributed by atoms with van der Waals surface area (Å²) >= 11 is 0. The molecule has 1 aromatic heterocycles. The van der Waals surface area contributed by atoms with Crippen molar-refractivity contribution >= 4 is 16.9 Å². The summed E-state index contributed by atoms with van der Waals surface area (Å²) in [6.45, 7) is 0.854. The van der Waals surface area contributed by atoms with Gasteiger partial charge in [0.1, 0.15) is 5.56 Å². The lowest BCUT2D eigenvalue weighted by Gasteiger charge is -2.05. The lowest BCUT2D eigenvalue weighted by Crippen LogP contribution is -2.15. The first-order valence-electron chi connectivity index (χ1n) is 6.69. The number of rotatable bonds is 7. The van der Waals surface area contributed by atoms with Crippen molar-refractivity contribution in [2.75, 3.05) is 19.8 Å². The van der Waals surface area contributed by atoms with Crippen LogP contribution in [-0.4, -0.2) is 41.0 Å². The number of H-pyrrole nitrogens is 1. The molecule has 112 valence electrons. The van der Waals surface area contributed by atoms with E-state index in [1.54, 1.807) is 12.1 Å². The Morgan fingerprint density at radius 1 is 1.29 bits per heavy atom. The van der Waals surface area contributed by atoms with Crippen LogP contribution in [0.3, 0.4) is 0 Å². The maximum atomic E-state index is 12.1. The molecule has 0 amide bonds. The van der Waals surface area contributed by atoms with Crippen molar-refractivity contribution in [2.45, 2.75) is 12.8 Å². The minimum atomic E-state index is -1.24. The highest BCUT2D eigenvalue weighted by atomic mass is 16.5. The van der Waals surface area contributed by atoms with Crippen LogP contribution in [-0.2, 0) is 11.2 Å². The number of aromatic amines is 1. The Morgan fingerprint density at radius 2 is 2.10 bits per heavy atom. The molecule has 0 atom stereocenters. The van der Waals surface area contributed by atoms with E-state index in [1.807, 2.05) is 6.07 Å². The fourth-order valence-corrected chi connectivity index (χ4v) is 2.13. The zero-order valence-electron chi connectivity index (χ0n) is 11.5. The first-order valence-corrected chi connectivity index (χ1v) is 6.69. The molecule has 0 fully saturated rings. The predicted octanol–water partition coefficient (Wildman–Crippen LogP) is 1.17. The molecule has 2 aromatic rings. The van der Waals surface area contributed by atoms with E-state index in [0.717, 1.165) is 18.4 Å². The molecule has 0 spiro atoms. The molecule has 1 aromatic carbocycles. The van der Waals surface area contributed by atoms with E-state index in [1.165, 1.54) is 6.20 Å². The molecule has 0 unspecified atom stereocenters. The van der Waals surface area contributed by atoms with Gasteiger partial charge in [0.25, 0.3) is 0 Å². The van der Waals surface area contributed by atoms with Gasteiger partial charge in [-0.25, -0.2) is 4.79 Å². The number of hydrogen-bond acceptors (Lipinski definition) is 4. The number of carbonyl (C=O) groups is 1. The minimum Gasteiger partial charge on any atom is -0.477 e. The Morgan fingerprint density at radius 3 is 2.81 bits per heavy atom. The van der Waals surface area contributed by atoms with Gasteiger partial charge in [-0.2, -0.15) is 0 Å². The van der Waals surface area contributed by atoms with Gasteiger partial charge in [0.2, 0.25) is 5.43 Å². The number of ether oxygens (including phenoxy) is 1. The summed E-state index contributed by atoms with van der Waals surface area (Å²) in [4.78, 5) is 25.9. The number of nitrogens with one attached hydrogen (secondary N) is 1. The first-order chi connectivity index (χ1) is 10.1. The summed E-state index contributed by atoms with van der Waals surface area (Å²) < 4.78 is 5.17. The third kappa shape index (κ3) is 3.68. The van der Waals surface area contributed by atoms with Gasteiger partial charge in [-0.05, 0) is 30.5 Å². The summed E-state index contributed by atoms with van der Waals surface area (Å²) in [5.41, 5.74) is 0.828. The molecule has 2 rings (SSSR count). The van der Waals surface area contributed by atoms with Gasteiger partial charge in [0, 0.05) is 23.7 Å². The Balaban J connectivity index is 2.18. The molecular formula is C15H17NO5. The number of aliphatic hydroxyl groups is 1. The van der Waals surface area contributed by atoms with Gasteiger partial charge < -0.3 is 19.9 Å². The molecule has 1 heterocycles. The lowest BCUT2D eigenvalue weighted by molar-refractivity contribution is 0.0695. The average molecular weight is 291 g/mol. The molecule has 21 heavy (non-hydrogen) atoms. The van der Waals surface area contributed by atoms with E-state index in [-0.39, 0.29) is 12.2 Å². The normalized spacial score (nSPS) is 10.9. The second-order valence-corrected chi connectivity index (χ2v) is 4.66. The fraction of sp³-hybridized carbons (Fsp3) is 0.333. The van der Waals surface area contributed by atoms with Crippen LogP contribution in [0.2, 0.25) is 0 Å². The Bertz CT molecular complexity index is 692. The van der Waals surface area contributed by atoms with Crippen LogP contribution in [0, 0.1) is 0 Å². The van der Waals surface area contributed by atoms with Crippen LogP contribution in [0.4, 0.5) is 0 Å². The van der Waals surface area contributed by atoms with Crippen molar-refractivity contribution < 1.29 is 19.7 Å². The van der Waals surface area contributed by atoms with E-state index in [2.05, 4.69) is 4.98 Å². The zero-order chi connectivity index (χ0) is 15.2. The Kier molecular flexibility index (Phi) is 5.08. The van der Waals surface area contributed by atoms with Crippen molar-refractivity contribution in [3.05, 3.63) is 45.7 Å². The Hall–Kier alpha value is -2.18. The third-order valence-electron chi connectivity index (χ3n) is 3.17. The molecule has 0 saturated heterocycles. The van der Waals surface area contributed by atoms with Crippen LogP contribution >= 0.6 is 0 Å². The highest BCUT2D eigenvalue weighted by Gasteiger charge is 2.11. The first kappa shape index (κ1) is 15.2. The summed E-state index contributed by atoms with van der Waals surface area (Å²) in [7, 11) is 0. The molecular weight excluding hydrogens is 274 g/mol. The summed E-state index contributed by atoms with van der Waals surface area (Å²) in [5, 5.41) is 17.9. The fourth-order valence-electron chi connectivity index (χ4n) is 2.13. The zero-order valence-corrected chi connectivity index (χ0v) is 11.5. The highest BCUT2D eigenvalue weighted by molar-refractivity contribution is 5.92. The molecule has 6 nitrogen and oxygen atoms in total. The number of aliphatic hydroxyl groups excluding tert-OH is 1. The monoisotopic (exact) mass is 291 g/mol. The molecule has 0 bridgehead atoms. The highest BCUT2D eigenvalue weighted by Crippen LogP contribution is 2.13. The Labute approximate surface area is 121 Å². The molecule has 3 N–H and O–H groups in total. The van der Waals surface area contributed by atoms with E-state index in [4.69, 9.17) is 14.9 Å². The molecule has 0 aliphatic carbocycles. The van der Waals surface area contributed by atoms with E-state index >= 15 is 0 Å². The van der Waals surface area contributed by atoms with Gasteiger partial charge in [-0.15, -0.1) is 0 Å². The number of carboxylic acids is 1. The largest absolute Gasteiger partial charge is 0.477 e. The number of pyridine rings is 1. The number of hydrogen-bond donors (Lipinski definition) is 3. The maximum Gasteiger partial charge on any atom is 0.341 e. The quantitative estimate of drug-likeness (QED) is 0.665. The molecule has 0 aliphatic heterocycles. The van der Waals surface area contributed by atoms with Crippen molar-refractivity contribution in [3.8, 4) is 0 Å². The van der Waals surface area contributed by atoms with Gasteiger partial charge in [0.05, 0.1) is 13.2 Å². The van der Waals surface area contributed by atoms with Crippen molar-refractivity contribution in [1.82, 2.24) is 4.98 Å². The summed E-state index contributed by atoms with van der Waals surface area (Å²) in [5.74, 6) is -1.24. The SMILES string of the molecule is O=C(O)c1c[nH]c2ccc(CCCOCCO)cc2c1=O. The second-order valence-electron chi connectivity index (χ2n) is 4.66. The number of aryl methyl sites for hydroxylation is 1. The minimum absolute atomic E-state index is 0.00329. The van der Waals surface area contributed by atoms with E-state index in [0.29, 0.717) is 24.1 Å². The predicted molar refractivity (Wildman–Crippen MR) is 77.8 cm³/mol. The topological polar surface area (TPSA) is 99.6 Å². The van der Waals surface area contributed by atoms with Crippen LogP contribution < -0.4 is 5.43 Å². The number of aromatic nitrogens is 1. The van der Waals surface area contributed by atoms with Gasteiger partial charge in [-0.3, -0.25) is 4.79 Å². The molecule has 6 heteroatoms. The maximum absolute atomic E-state index is 12.1. The summed E-state index contributed by atoms with van der Waals surface area (Å²) in [6, 6.07) is 5.38. The van der Waals surface area contributed by atoms with Gasteiger partial charge in [0.15, 0.2) is 0 Å². The number of benzene rings is 1. The molecule has 0 saturated carbocycles. The van der Waals surface area contributed by atoms with E-state index < -0.39 is 11.4 Å². The van der Waals surface area contributed by atoms with Gasteiger partial charge >= 0.3 is 5.97 Å².